The highest BCUT2D eigenvalue weighted by molar-refractivity contribution is 5.77. The van der Waals surface area contributed by atoms with Crippen LogP contribution in [0.15, 0.2) is 36.7 Å². The minimum Gasteiger partial charge on any atom is -0.484 e. The standard InChI is InChI=1S/C15H15N3O4/c19-14(18-22-10-11-2-1-5-16-9-11)8-12-3-4-13-15(17-12)21-7-6-20-13/h1-5,9H,6-8,10H2,(H,18,19). The van der Waals surface area contributed by atoms with Gasteiger partial charge in [-0.2, -0.15) is 0 Å². The normalized spacial score (nSPS) is 12.7. The molecule has 7 nitrogen and oxygen atoms in total. The van der Waals surface area contributed by atoms with Crippen molar-refractivity contribution >= 4 is 5.91 Å². The van der Waals surface area contributed by atoms with E-state index in [2.05, 4.69) is 15.4 Å². The number of amides is 1. The summed E-state index contributed by atoms with van der Waals surface area (Å²) in [5.41, 5.74) is 3.85. The Labute approximate surface area is 127 Å². The number of ether oxygens (including phenoxy) is 2. The van der Waals surface area contributed by atoms with Crippen molar-refractivity contribution in [3.8, 4) is 11.6 Å². The zero-order valence-electron chi connectivity index (χ0n) is 11.8. The lowest BCUT2D eigenvalue weighted by Gasteiger charge is -2.17. The van der Waals surface area contributed by atoms with Gasteiger partial charge >= 0.3 is 0 Å². The van der Waals surface area contributed by atoms with Crippen LogP contribution in [0.2, 0.25) is 0 Å². The fraction of sp³-hybridized carbons (Fsp3) is 0.267. The van der Waals surface area contributed by atoms with Gasteiger partial charge in [-0.25, -0.2) is 10.5 Å². The van der Waals surface area contributed by atoms with Crippen molar-refractivity contribution in [2.24, 2.45) is 0 Å². The van der Waals surface area contributed by atoms with Crippen molar-refractivity contribution < 1.29 is 19.1 Å². The second kappa shape index (κ2) is 6.86. The van der Waals surface area contributed by atoms with Crippen molar-refractivity contribution in [2.45, 2.75) is 13.0 Å². The second-order valence-electron chi connectivity index (χ2n) is 4.65. The van der Waals surface area contributed by atoms with Gasteiger partial charge in [0.25, 0.3) is 5.88 Å². The molecule has 1 N–H and O–H groups in total. The van der Waals surface area contributed by atoms with Crippen LogP contribution in [0.25, 0.3) is 0 Å². The molecule has 0 aliphatic carbocycles. The maximum atomic E-state index is 11.8. The molecule has 3 rings (SSSR count). The van der Waals surface area contributed by atoms with E-state index in [1.165, 1.54) is 0 Å². The average Bonchev–Trinajstić information content (AvgIpc) is 2.56. The first-order valence-electron chi connectivity index (χ1n) is 6.86. The molecule has 0 bridgehead atoms. The van der Waals surface area contributed by atoms with Crippen molar-refractivity contribution in [2.75, 3.05) is 13.2 Å². The Bertz CT molecular complexity index is 648. The molecule has 0 unspecified atom stereocenters. The van der Waals surface area contributed by atoms with E-state index in [9.17, 15) is 4.79 Å². The number of carbonyl (C=O) groups excluding carboxylic acids is 1. The van der Waals surface area contributed by atoms with E-state index in [0.717, 1.165) is 5.56 Å². The third-order valence-corrected chi connectivity index (χ3v) is 2.95. The molecule has 22 heavy (non-hydrogen) atoms. The second-order valence-corrected chi connectivity index (χ2v) is 4.65. The lowest BCUT2D eigenvalue weighted by molar-refractivity contribution is -0.133. The number of hydroxylamine groups is 1. The summed E-state index contributed by atoms with van der Waals surface area (Å²) in [4.78, 5) is 25.2. The number of pyridine rings is 2. The summed E-state index contributed by atoms with van der Waals surface area (Å²) in [5, 5.41) is 0. The number of carbonyl (C=O) groups is 1. The molecular formula is C15H15N3O4. The van der Waals surface area contributed by atoms with E-state index in [1.54, 1.807) is 30.6 Å². The minimum absolute atomic E-state index is 0.101. The Hall–Kier alpha value is -2.67. The van der Waals surface area contributed by atoms with Crippen molar-refractivity contribution in [3.05, 3.63) is 47.9 Å². The number of hydrogen-bond donors (Lipinski definition) is 1. The van der Waals surface area contributed by atoms with E-state index < -0.39 is 0 Å². The Kier molecular flexibility index (Phi) is 4.45. The molecule has 0 radical (unpaired) electrons. The molecule has 0 saturated carbocycles. The Balaban J connectivity index is 1.49. The largest absolute Gasteiger partial charge is 0.484 e. The zero-order chi connectivity index (χ0) is 15.2. The van der Waals surface area contributed by atoms with E-state index >= 15 is 0 Å². The molecule has 0 aromatic carbocycles. The van der Waals surface area contributed by atoms with Gasteiger partial charge < -0.3 is 9.47 Å². The maximum Gasteiger partial charge on any atom is 0.257 e. The summed E-state index contributed by atoms with van der Waals surface area (Å²) in [6.07, 6.45) is 3.45. The highest BCUT2D eigenvalue weighted by Gasteiger charge is 2.14. The van der Waals surface area contributed by atoms with Crippen LogP contribution in [0.4, 0.5) is 0 Å². The van der Waals surface area contributed by atoms with Crippen LogP contribution in [0.5, 0.6) is 11.6 Å². The van der Waals surface area contributed by atoms with Crippen LogP contribution < -0.4 is 15.0 Å². The molecule has 2 aromatic heterocycles. The van der Waals surface area contributed by atoms with Gasteiger partial charge in [0, 0.05) is 12.4 Å². The molecule has 1 aliphatic rings. The van der Waals surface area contributed by atoms with Crippen LogP contribution in [0.3, 0.4) is 0 Å². The topological polar surface area (TPSA) is 82.6 Å². The van der Waals surface area contributed by atoms with E-state index in [-0.39, 0.29) is 18.9 Å². The molecule has 1 amide bonds. The summed E-state index contributed by atoms with van der Waals surface area (Å²) in [6, 6.07) is 7.15. The maximum absolute atomic E-state index is 11.8. The first-order chi connectivity index (χ1) is 10.8. The Morgan fingerprint density at radius 1 is 1.27 bits per heavy atom. The third-order valence-electron chi connectivity index (χ3n) is 2.95. The molecule has 0 fully saturated rings. The van der Waals surface area contributed by atoms with Crippen molar-refractivity contribution in [3.63, 3.8) is 0 Å². The van der Waals surface area contributed by atoms with Gasteiger partial charge in [0.1, 0.15) is 19.8 Å². The number of nitrogens with zero attached hydrogens (tertiary/aromatic N) is 2. The smallest absolute Gasteiger partial charge is 0.257 e. The number of rotatable bonds is 5. The van der Waals surface area contributed by atoms with E-state index in [0.29, 0.717) is 30.5 Å². The monoisotopic (exact) mass is 301 g/mol. The lowest BCUT2D eigenvalue weighted by atomic mass is 10.2. The molecule has 0 saturated heterocycles. The number of fused-ring (bicyclic) bond motifs is 1. The molecule has 2 aromatic rings. The van der Waals surface area contributed by atoms with Gasteiger partial charge in [-0.05, 0) is 23.8 Å². The fourth-order valence-corrected chi connectivity index (χ4v) is 1.95. The average molecular weight is 301 g/mol. The fourth-order valence-electron chi connectivity index (χ4n) is 1.95. The van der Waals surface area contributed by atoms with Crippen LogP contribution in [-0.2, 0) is 22.7 Å². The SMILES string of the molecule is O=C(Cc1ccc2c(n1)OCCO2)NOCc1cccnc1. The molecule has 0 spiro atoms. The highest BCUT2D eigenvalue weighted by Crippen LogP contribution is 2.27. The summed E-state index contributed by atoms with van der Waals surface area (Å²) in [7, 11) is 0. The first-order valence-corrected chi connectivity index (χ1v) is 6.86. The van der Waals surface area contributed by atoms with E-state index in [1.807, 2.05) is 6.07 Å². The van der Waals surface area contributed by atoms with Crippen LogP contribution in [0.1, 0.15) is 11.3 Å². The summed E-state index contributed by atoms with van der Waals surface area (Å²) in [5.74, 6) is 0.740. The first kappa shape index (κ1) is 14.3. The minimum atomic E-state index is -0.284. The number of hydrogen-bond acceptors (Lipinski definition) is 6. The quantitative estimate of drug-likeness (QED) is 0.831. The van der Waals surface area contributed by atoms with Crippen LogP contribution >= 0.6 is 0 Å². The molecule has 3 heterocycles. The zero-order valence-corrected chi connectivity index (χ0v) is 11.8. The predicted molar refractivity (Wildman–Crippen MR) is 76.1 cm³/mol. The Morgan fingerprint density at radius 2 is 2.18 bits per heavy atom. The van der Waals surface area contributed by atoms with Gasteiger partial charge in [-0.3, -0.25) is 14.6 Å². The molecule has 0 atom stereocenters. The Morgan fingerprint density at radius 3 is 3.05 bits per heavy atom. The predicted octanol–water partition coefficient (Wildman–Crippen LogP) is 1.04. The van der Waals surface area contributed by atoms with Gasteiger partial charge in [0.15, 0.2) is 5.75 Å². The van der Waals surface area contributed by atoms with Crippen LogP contribution in [-0.4, -0.2) is 29.1 Å². The lowest BCUT2D eigenvalue weighted by Crippen LogP contribution is -2.26. The molecular weight excluding hydrogens is 286 g/mol. The van der Waals surface area contributed by atoms with Gasteiger partial charge in [-0.1, -0.05) is 6.07 Å². The van der Waals surface area contributed by atoms with Gasteiger partial charge in [0.2, 0.25) is 5.91 Å². The van der Waals surface area contributed by atoms with E-state index in [4.69, 9.17) is 14.3 Å². The summed E-state index contributed by atoms with van der Waals surface area (Å²) >= 11 is 0. The number of aromatic nitrogens is 2. The molecule has 114 valence electrons. The van der Waals surface area contributed by atoms with Crippen LogP contribution in [0, 0.1) is 0 Å². The van der Waals surface area contributed by atoms with Crippen molar-refractivity contribution in [1.29, 1.82) is 0 Å². The third kappa shape index (κ3) is 3.70. The van der Waals surface area contributed by atoms with Gasteiger partial charge in [-0.15, -0.1) is 0 Å². The summed E-state index contributed by atoms with van der Waals surface area (Å²) in [6.45, 7) is 1.23. The number of nitrogens with one attached hydrogen (secondary N) is 1. The van der Waals surface area contributed by atoms with Gasteiger partial charge in [0.05, 0.1) is 12.1 Å². The molecule has 1 aliphatic heterocycles. The van der Waals surface area contributed by atoms with Crippen molar-refractivity contribution in [1.82, 2.24) is 15.4 Å². The molecule has 7 heteroatoms. The summed E-state index contributed by atoms with van der Waals surface area (Å²) < 4.78 is 10.8. The highest BCUT2D eigenvalue weighted by atomic mass is 16.6.